The Hall–Kier alpha value is -3.10. The van der Waals surface area contributed by atoms with Crippen LogP contribution >= 0.6 is 0 Å². The van der Waals surface area contributed by atoms with E-state index in [2.05, 4.69) is 4.98 Å². The summed E-state index contributed by atoms with van der Waals surface area (Å²) < 4.78 is 8.00. The number of hydrogen-bond donors (Lipinski definition) is 2. The molecule has 9 heteroatoms. The van der Waals surface area contributed by atoms with Crippen molar-refractivity contribution in [3.8, 4) is 5.75 Å². The molecule has 0 radical (unpaired) electrons. The number of aromatic carboxylic acids is 1. The molecule has 2 unspecified atom stereocenters. The lowest BCUT2D eigenvalue weighted by Gasteiger charge is -2.43. The molecule has 0 bridgehead atoms. The maximum Gasteiger partial charge on any atom is 0.354 e. The number of aromatic nitrogens is 2. The van der Waals surface area contributed by atoms with E-state index >= 15 is 0 Å². The van der Waals surface area contributed by atoms with Crippen LogP contribution in [0.3, 0.4) is 0 Å². The Bertz CT molecular complexity index is 801. The van der Waals surface area contributed by atoms with E-state index in [-0.39, 0.29) is 17.8 Å². The predicted octanol–water partition coefficient (Wildman–Crippen LogP) is 2.77. The summed E-state index contributed by atoms with van der Waals surface area (Å²) in [6.07, 6.45) is 7.66. The first-order valence-corrected chi connectivity index (χ1v) is 8.33. The molecule has 4 rings (SSSR count). The Balaban J connectivity index is 0.000000447. The predicted molar refractivity (Wildman–Crippen MR) is 88.9 cm³/mol. The number of carboxylic acids is 1. The monoisotopic (exact) mass is 361 g/mol. The Morgan fingerprint density at radius 1 is 1.31 bits per heavy atom. The molecule has 0 spiro atoms. The smallest absolute Gasteiger partial charge is 0.354 e. The van der Waals surface area contributed by atoms with Crippen LogP contribution in [0.25, 0.3) is 0 Å². The Morgan fingerprint density at radius 3 is 2.73 bits per heavy atom. The first-order chi connectivity index (χ1) is 12.5. The standard InChI is InChI=1S/C17H18N2O3.HNO3/c20-17(21)13-9-18-10-19(13)16-11-5-1-3-7-14(11)22-15-8-4-2-6-12(15)16;2-1(3)4/h1,3,5,7,9-10,12,15-16H,2,4,6,8H2,(H,20,21);(H,2,3,4)/t12?,15-,16?;/m1./s1. The summed E-state index contributed by atoms with van der Waals surface area (Å²) in [5.41, 5.74) is 1.30. The van der Waals surface area contributed by atoms with Gasteiger partial charge in [-0.3, -0.25) is 0 Å². The van der Waals surface area contributed by atoms with Gasteiger partial charge in [0.15, 0.2) is 0 Å². The topological polar surface area (TPSA) is 128 Å². The number of ether oxygens (including phenoxy) is 1. The Morgan fingerprint density at radius 2 is 2.00 bits per heavy atom. The van der Waals surface area contributed by atoms with E-state index < -0.39 is 11.1 Å². The van der Waals surface area contributed by atoms with Crippen LogP contribution in [0.5, 0.6) is 5.75 Å². The van der Waals surface area contributed by atoms with E-state index in [0.29, 0.717) is 5.92 Å². The summed E-state index contributed by atoms with van der Waals surface area (Å²) in [4.78, 5) is 23.9. The van der Waals surface area contributed by atoms with Crippen molar-refractivity contribution >= 4 is 5.97 Å². The average molecular weight is 361 g/mol. The lowest BCUT2D eigenvalue weighted by molar-refractivity contribution is -0.742. The molecule has 1 fully saturated rings. The van der Waals surface area contributed by atoms with E-state index in [4.69, 9.17) is 20.1 Å². The van der Waals surface area contributed by atoms with Crippen LogP contribution in [-0.4, -0.2) is 37.0 Å². The van der Waals surface area contributed by atoms with Crippen molar-refractivity contribution in [2.24, 2.45) is 5.92 Å². The number of rotatable bonds is 2. The van der Waals surface area contributed by atoms with Crippen LogP contribution in [0, 0.1) is 16.0 Å². The van der Waals surface area contributed by atoms with E-state index in [1.165, 1.54) is 19.0 Å². The van der Waals surface area contributed by atoms with Crippen LogP contribution in [0.4, 0.5) is 0 Å². The highest BCUT2D eigenvalue weighted by Gasteiger charge is 2.41. The van der Waals surface area contributed by atoms with Crippen molar-refractivity contribution in [1.82, 2.24) is 9.55 Å². The van der Waals surface area contributed by atoms with Crippen molar-refractivity contribution in [3.05, 3.63) is 58.2 Å². The zero-order valence-corrected chi connectivity index (χ0v) is 13.9. The van der Waals surface area contributed by atoms with Gasteiger partial charge in [-0.25, -0.2) is 9.78 Å². The molecule has 2 N–H and O–H groups in total. The van der Waals surface area contributed by atoms with Crippen molar-refractivity contribution in [2.75, 3.05) is 0 Å². The number of nitrogens with zero attached hydrogens (tertiary/aromatic N) is 3. The molecular formula is C17H19N3O6. The third-order valence-electron chi connectivity index (χ3n) is 4.86. The molecule has 3 atom stereocenters. The SMILES string of the molecule is O=C(O)c1cncn1C1c2ccccc2O[C@@H]2CCCCC12.O=[N+]([O-])O. The van der Waals surface area contributed by atoms with E-state index in [9.17, 15) is 9.90 Å². The summed E-state index contributed by atoms with van der Waals surface area (Å²) in [7, 11) is 0. The molecule has 138 valence electrons. The molecule has 1 saturated carbocycles. The van der Waals surface area contributed by atoms with Gasteiger partial charge in [-0.15, -0.1) is 10.1 Å². The normalized spacial score (nSPS) is 23.5. The van der Waals surface area contributed by atoms with Crippen molar-refractivity contribution in [3.63, 3.8) is 0 Å². The highest BCUT2D eigenvalue weighted by atomic mass is 16.9. The summed E-state index contributed by atoms with van der Waals surface area (Å²) in [5.74, 6) is 0.241. The van der Waals surface area contributed by atoms with E-state index in [1.54, 1.807) is 6.33 Å². The van der Waals surface area contributed by atoms with Gasteiger partial charge in [-0.1, -0.05) is 24.6 Å². The van der Waals surface area contributed by atoms with Gasteiger partial charge in [0.05, 0.1) is 18.6 Å². The Labute approximate surface area is 149 Å². The summed E-state index contributed by atoms with van der Waals surface area (Å²) in [6.45, 7) is 0. The maximum absolute atomic E-state index is 11.5. The second-order valence-corrected chi connectivity index (χ2v) is 6.32. The maximum atomic E-state index is 11.5. The molecule has 26 heavy (non-hydrogen) atoms. The number of imidazole rings is 1. The van der Waals surface area contributed by atoms with Gasteiger partial charge >= 0.3 is 5.97 Å². The molecule has 0 amide bonds. The van der Waals surface area contributed by atoms with Crippen LogP contribution < -0.4 is 4.74 Å². The summed E-state index contributed by atoms with van der Waals surface area (Å²) >= 11 is 0. The molecule has 1 aromatic carbocycles. The van der Waals surface area contributed by atoms with Crippen molar-refractivity contribution in [2.45, 2.75) is 37.8 Å². The fraction of sp³-hybridized carbons (Fsp3) is 0.412. The fourth-order valence-electron chi connectivity index (χ4n) is 3.91. The lowest BCUT2D eigenvalue weighted by Crippen LogP contribution is -2.41. The quantitative estimate of drug-likeness (QED) is 0.622. The van der Waals surface area contributed by atoms with E-state index in [1.807, 2.05) is 28.8 Å². The Kier molecular flexibility index (Phi) is 5.06. The lowest BCUT2D eigenvalue weighted by atomic mass is 9.76. The molecule has 1 aliphatic carbocycles. The highest BCUT2D eigenvalue weighted by molar-refractivity contribution is 5.85. The molecule has 2 aromatic rings. The average Bonchev–Trinajstić information content (AvgIpc) is 3.08. The second-order valence-electron chi connectivity index (χ2n) is 6.32. The minimum Gasteiger partial charge on any atom is -0.490 e. The largest absolute Gasteiger partial charge is 0.490 e. The van der Waals surface area contributed by atoms with Gasteiger partial charge in [0.25, 0.3) is 5.09 Å². The van der Waals surface area contributed by atoms with Gasteiger partial charge in [-0.05, 0) is 25.3 Å². The zero-order valence-electron chi connectivity index (χ0n) is 13.9. The number of carbonyl (C=O) groups is 1. The van der Waals surface area contributed by atoms with Crippen LogP contribution in [-0.2, 0) is 0 Å². The van der Waals surface area contributed by atoms with Crippen LogP contribution in [0.2, 0.25) is 0 Å². The third kappa shape index (κ3) is 3.46. The van der Waals surface area contributed by atoms with Crippen molar-refractivity contribution in [1.29, 1.82) is 0 Å². The third-order valence-corrected chi connectivity index (χ3v) is 4.86. The van der Waals surface area contributed by atoms with Gasteiger partial charge in [0, 0.05) is 11.5 Å². The molecule has 0 saturated heterocycles. The summed E-state index contributed by atoms with van der Waals surface area (Å²) in [6, 6.07) is 7.95. The van der Waals surface area contributed by atoms with Gasteiger partial charge in [0.1, 0.15) is 17.5 Å². The number of fused-ring (bicyclic) bond motifs is 2. The molecule has 9 nitrogen and oxygen atoms in total. The summed E-state index contributed by atoms with van der Waals surface area (Å²) in [5, 5.41) is 23.1. The van der Waals surface area contributed by atoms with Gasteiger partial charge in [-0.2, -0.15) is 0 Å². The van der Waals surface area contributed by atoms with Gasteiger partial charge < -0.3 is 19.6 Å². The molecule has 2 aliphatic rings. The fourth-order valence-corrected chi connectivity index (χ4v) is 3.91. The minimum absolute atomic E-state index is 0.0103. The number of carboxylic acid groups (broad SMARTS) is 1. The number of para-hydroxylation sites is 1. The number of hydrogen-bond acceptors (Lipinski definition) is 5. The second kappa shape index (κ2) is 7.42. The zero-order chi connectivity index (χ0) is 18.7. The molecule has 1 aromatic heterocycles. The van der Waals surface area contributed by atoms with Crippen LogP contribution in [0.15, 0.2) is 36.8 Å². The number of benzene rings is 1. The van der Waals surface area contributed by atoms with Gasteiger partial charge in [0.2, 0.25) is 0 Å². The molecule has 1 aliphatic heterocycles. The first kappa shape index (κ1) is 17.7. The highest BCUT2D eigenvalue weighted by Crippen LogP contribution is 2.46. The van der Waals surface area contributed by atoms with Crippen molar-refractivity contribution < 1.29 is 24.9 Å². The first-order valence-electron chi connectivity index (χ1n) is 8.33. The minimum atomic E-state index is -1.50. The van der Waals surface area contributed by atoms with Crippen LogP contribution in [0.1, 0.15) is 47.8 Å². The van der Waals surface area contributed by atoms with E-state index in [0.717, 1.165) is 24.2 Å². The molecular weight excluding hydrogens is 342 g/mol. The molecule has 2 heterocycles.